The van der Waals surface area contributed by atoms with E-state index < -0.39 is 5.60 Å². The summed E-state index contributed by atoms with van der Waals surface area (Å²) >= 11 is 0. The van der Waals surface area contributed by atoms with Crippen LogP contribution < -0.4 is 5.73 Å². The van der Waals surface area contributed by atoms with Crippen molar-refractivity contribution in [1.29, 1.82) is 0 Å². The van der Waals surface area contributed by atoms with E-state index in [1.165, 1.54) is 5.56 Å². The summed E-state index contributed by atoms with van der Waals surface area (Å²) in [4.78, 5) is 4.82. The van der Waals surface area contributed by atoms with Crippen LogP contribution in [-0.4, -0.2) is 59.8 Å². The smallest absolute Gasteiger partial charge is 0.0718 e. The number of hydrogen-bond donors (Lipinski definition) is 2. The quantitative estimate of drug-likeness (QED) is 0.833. The summed E-state index contributed by atoms with van der Waals surface area (Å²) in [6.45, 7) is 9.75. The average molecular weight is 291 g/mol. The minimum absolute atomic E-state index is 0.126. The van der Waals surface area contributed by atoms with Crippen molar-refractivity contribution in [1.82, 2.24) is 9.80 Å². The van der Waals surface area contributed by atoms with E-state index in [1.807, 2.05) is 32.0 Å². The van der Waals surface area contributed by atoms with Gasteiger partial charge in [0.1, 0.15) is 0 Å². The van der Waals surface area contributed by atoms with Crippen molar-refractivity contribution in [2.45, 2.75) is 31.9 Å². The van der Waals surface area contributed by atoms with Gasteiger partial charge >= 0.3 is 0 Å². The van der Waals surface area contributed by atoms with Gasteiger partial charge in [-0.1, -0.05) is 30.3 Å². The molecule has 1 aromatic rings. The molecule has 1 aromatic carbocycles. The molecule has 2 rings (SSSR count). The molecule has 0 saturated carbocycles. The number of aliphatic hydroxyl groups is 1. The predicted molar refractivity (Wildman–Crippen MR) is 87.2 cm³/mol. The highest BCUT2D eigenvalue weighted by Gasteiger charge is 2.22. The van der Waals surface area contributed by atoms with E-state index in [9.17, 15) is 5.11 Å². The molecule has 1 unspecified atom stereocenters. The lowest BCUT2D eigenvalue weighted by Crippen LogP contribution is -2.50. The Morgan fingerprint density at radius 1 is 1.10 bits per heavy atom. The van der Waals surface area contributed by atoms with Crippen LogP contribution >= 0.6 is 0 Å². The fourth-order valence-electron chi connectivity index (χ4n) is 2.91. The maximum absolute atomic E-state index is 9.87. The fourth-order valence-corrected chi connectivity index (χ4v) is 2.91. The molecule has 3 N–H and O–H groups in total. The van der Waals surface area contributed by atoms with E-state index >= 15 is 0 Å². The zero-order valence-electron chi connectivity index (χ0n) is 13.3. The van der Waals surface area contributed by atoms with Gasteiger partial charge < -0.3 is 15.7 Å². The van der Waals surface area contributed by atoms with Crippen LogP contribution in [0.2, 0.25) is 0 Å². The monoisotopic (exact) mass is 291 g/mol. The van der Waals surface area contributed by atoms with Crippen LogP contribution in [0.5, 0.6) is 0 Å². The minimum atomic E-state index is -0.599. The Hall–Kier alpha value is -0.940. The lowest BCUT2D eigenvalue weighted by molar-refractivity contribution is 0.0175. The molecular formula is C17H29N3O. The molecule has 4 nitrogen and oxygen atoms in total. The summed E-state index contributed by atoms with van der Waals surface area (Å²) in [6, 6.07) is 10.5. The Kier molecular flexibility index (Phi) is 5.76. The Morgan fingerprint density at radius 3 is 2.24 bits per heavy atom. The molecule has 1 atom stereocenters. The second-order valence-electron chi connectivity index (χ2n) is 6.74. The molecule has 0 bridgehead atoms. The second-order valence-corrected chi connectivity index (χ2v) is 6.74. The normalized spacial score (nSPS) is 19.6. The second kappa shape index (κ2) is 7.36. The van der Waals surface area contributed by atoms with E-state index in [2.05, 4.69) is 21.9 Å². The van der Waals surface area contributed by atoms with Gasteiger partial charge in [0, 0.05) is 45.3 Å². The van der Waals surface area contributed by atoms with Gasteiger partial charge in [0.05, 0.1) is 5.60 Å². The highest BCUT2D eigenvalue weighted by molar-refractivity contribution is 5.18. The summed E-state index contributed by atoms with van der Waals surface area (Å²) in [5, 5.41) is 9.87. The third-order valence-corrected chi connectivity index (χ3v) is 4.06. The van der Waals surface area contributed by atoms with Gasteiger partial charge in [-0.15, -0.1) is 0 Å². The van der Waals surface area contributed by atoms with Gasteiger partial charge in [0.25, 0.3) is 0 Å². The first-order valence-corrected chi connectivity index (χ1v) is 7.92. The van der Waals surface area contributed by atoms with Crippen molar-refractivity contribution in [3.8, 4) is 0 Å². The molecule has 0 radical (unpaired) electrons. The van der Waals surface area contributed by atoms with Crippen LogP contribution in [0.25, 0.3) is 0 Å². The molecule has 0 aliphatic carbocycles. The topological polar surface area (TPSA) is 52.7 Å². The molecule has 4 heteroatoms. The maximum Gasteiger partial charge on any atom is 0.0718 e. The summed E-state index contributed by atoms with van der Waals surface area (Å²) in [6.07, 6.45) is 0.996. The lowest BCUT2D eigenvalue weighted by Gasteiger charge is -2.37. The molecule has 1 fully saturated rings. The van der Waals surface area contributed by atoms with Crippen LogP contribution in [0.4, 0.5) is 0 Å². The summed E-state index contributed by atoms with van der Waals surface area (Å²) in [5.74, 6) is 0. The van der Waals surface area contributed by atoms with Crippen LogP contribution in [-0.2, 0) is 0 Å². The van der Waals surface area contributed by atoms with Crippen molar-refractivity contribution in [3.05, 3.63) is 35.9 Å². The number of benzene rings is 1. The molecule has 118 valence electrons. The standard InChI is InChI=1S/C17H29N3O/c1-17(2,21)14-20-12-10-19(11-13-20)9-8-16(18)15-6-4-3-5-7-15/h3-7,16,21H,8-14,18H2,1-2H3. The molecule has 21 heavy (non-hydrogen) atoms. The molecule has 0 aromatic heterocycles. The van der Waals surface area contributed by atoms with Crippen molar-refractivity contribution in [2.75, 3.05) is 39.3 Å². The number of nitrogens with two attached hydrogens (primary N) is 1. The molecular weight excluding hydrogens is 262 g/mol. The first-order chi connectivity index (χ1) is 9.94. The van der Waals surface area contributed by atoms with Gasteiger partial charge in [-0.3, -0.25) is 4.90 Å². The van der Waals surface area contributed by atoms with E-state index in [1.54, 1.807) is 0 Å². The number of hydrogen-bond acceptors (Lipinski definition) is 4. The van der Waals surface area contributed by atoms with Crippen LogP contribution in [0.3, 0.4) is 0 Å². The summed E-state index contributed by atoms with van der Waals surface area (Å²) in [5.41, 5.74) is 6.87. The lowest BCUT2D eigenvalue weighted by atomic mass is 10.0. The Labute approximate surface area is 128 Å². The number of nitrogens with zero attached hydrogens (tertiary/aromatic N) is 2. The predicted octanol–water partition coefficient (Wildman–Crippen LogP) is 1.47. The van der Waals surface area contributed by atoms with Gasteiger partial charge in [0.15, 0.2) is 0 Å². The number of β-amino-alcohol motifs (C(OH)–C–C–N with tert-alkyl or cyclic N) is 1. The van der Waals surface area contributed by atoms with E-state index in [0.29, 0.717) is 0 Å². The number of rotatable bonds is 6. The molecule has 1 aliphatic rings. The Bertz CT molecular complexity index is 408. The third kappa shape index (κ3) is 5.75. The van der Waals surface area contributed by atoms with Crippen LogP contribution in [0, 0.1) is 0 Å². The highest BCUT2D eigenvalue weighted by Crippen LogP contribution is 2.15. The van der Waals surface area contributed by atoms with Gasteiger partial charge in [-0.05, 0) is 25.8 Å². The van der Waals surface area contributed by atoms with E-state index in [-0.39, 0.29) is 6.04 Å². The molecule has 1 heterocycles. The van der Waals surface area contributed by atoms with Gasteiger partial charge in [0.2, 0.25) is 0 Å². The molecule has 0 spiro atoms. The Morgan fingerprint density at radius 2 is 1.67 bits per heavy atom. The Balaban J connectivity index is 1.69. The first-order valence-electron chi connectivity index (χ1n) is 7.92. The largest absolute Gasteiger partial charge is 0.389 e. The maximum atomic E-state index is 9.87. The van der Waals surface area contributed by atoms with Gasteiger partial charge in [-0.2, -0.15) is 0 Å². The SMILES string of the molecule is CC(C)(O)CN1CCN(CCC(N)c2ccccc2)CC1. The highest BCUT2D eigenvalue weighted by atomic mass is 16.3. The molecule has 0 amide bonds. The van der Waals surface area contributed by atoms with Crippen molar-refractivity contribution < 1.29 is 5.11 Å². The zero-order valence-corrected chi connectivity index (χ0v) is 13.3. The summed E-state index contributed by atoms with van der Waals surface area (Å²) in [7, 11) is 0. The zero-order chi connectivity index (χ0) is 15.3. The average Bonchev–Trinajstić information content (AvgIpc) is 2.45. The molecule has 1 saturated heterocycles. The minimum Gasteiger partial charge on any atom is -0.389 e. The van der Waals surface area contributed by atoms with E-state index in [4.69, 9.17) is 5.73 Å². The molecule has 1 aliphatic heterocycles. The van der Waals surface area contributed by atoms with Crippen LogP contribution in [0.1, 0.15) is 31.9 Å². The van der Waals surface area contributed by atoms with E-state index in [0.717, 1.165) is 45.7 Å². The van der Waals surface area contributed by atoms with Crippen molar-refractivity contribution in [2.24, 2.45) is 5.73 Å². The fraction of sp³-hybridized carbons (Fsp3) is 0.647. The van der Waals surface area contributed by atoms with Crippen LogP contribution in [0.15, 0.2) is 30.3 Å². The third-order valence-electron chi connectivity index (χ3n) is 4.06. The first kappa shape index (κ1) is 16.4. The number of piperazine rings is 1. The van der Waals surface area contributed by atoms with Crippen molar-refractivity contribution >= 4 is 0 Å². The van der Waals surface area contributed by atoms with Gasteiger partial charge in [-0.25, -0.2) is 0 Å². The van der Waals surface area contributed by atoms with Crippen molar-refractivity contribution in [3.63, 3.8) is 0 Å². The summed E-state index contributed by atoms with van der Waals surface area (Å²) < 4.78 is 0.